The maximum absolute atomic E-state index is 15.2. The molecule has 8 nitrogen and oxygen atoms in total. The van der Waals surface area contributed by atoms with Gasteiger partial charge in [-0.2, -0.15) is 8.78 Å². The molecule has 0 aliphatic heterocycles. The molecule has 0 fully saturated rings. The molecule has 0 aliphatic rings. The zero-order chi connectivity index (χ0) is 31.7. The third-order valence-corrected chi connectivity index (χ3v) is 10.6. The second-order valence-electron chi connectivity index (χ2n) is 9.69. The van der Waals surface area contributed by atoms with Crippen LogP contribution in [0.3, 0.4) is 0 Å². The lowest BCUT2D eigenvalue weighted by Crippen LogP contribution is -2.20. The van der Waals surface area contributed by atoms with E-state index in [-0.39, 0.29) is 33.4 Å². The summed E-state index contributed by atoms with van der Waals surface area (Å²) in [7, 11) is -8.75. The quantitative estimate of drug-likeness (QED) is 0.152. The molecule has 4 rings (SSSR count). The lowest BCUT2D eigenvalue weighted by Gasteiger charge is -2.26. The van der Waals surface area contributed by atoms with Crippen LogP contribution in [0.5, 0.6) is 0 Å². The number of benzene rings is 3. The van der Waals surface area contributed by atoms with E-state index < -0.39 is 34.8 Å². The molecule has 3 aromatic carbocycles. The Morgan fingerprint density at radius 2 is 1.79 bits per heavy atom. The van der Waals surface area contributed by atoms with Gasteiger partial charge < -0.3 is 13.8 Å². The highest BCUT2D eigenvalue weighted by Gasteiger charge is 2.54. The number of sulfone groups is 1. The smallest absolute Gasteiger partial charge is 0.402 e. The Kier molecular flexibility index (Phi) is 10.1. The number of nitrogens with zero attached hydrogens (tertiary/aromatic N) is 2. The fraction of sp³-hybridized carbons (Fsp3) is 0.250. The summed E-state index contributed by atoms with van der Waals surface area (Å²) < 4.78 is 77.3. The number of anilines is 2. The van der Waals surface area contributed by atoms with E-state index in [1.54, 1.807) is 42.2 Å². The molecule has 2 unspecified atom stereocenters. The largest absolute Gasteiger partial charge is 0.423 e. The molecule has 230 valence electrons. The number of aromatic nitrogens is 1. The van der Waals surface area contributed by atoms with Crippen molar-refractivity contribution in [2.75, 3.05) is 11.2 Å². The Labute approximate surface area is 266 Å². The number of hydrogen-bond acceptors (Lipinski definition) is 7. The van der Waals surface area contributed by atoms with Gasteiger partial charge >= 0.3 is 19.3 Å². The molecule has 0 spiro atoms. The molecule has 1 N–H and O–H groups in total. The highest BCUT2D eigenvalue weighted by atomic mass is 79.9. The second-order valence-corrected chi connectivity index (χ2v) is 15.2. The van der Waals surface area contributed by atoms with E-state index in [0.29, 0.717) is 27.6 Å². The van der Waals surface area contributed by atoms with Gasteiger partial charge in [-0.1, -0.05) is 58.2 Å². The maximum Gasteiger partial charge on any atom is 0.402 e. The van der Waals surface area contributed by atoms with Crippen LogP contribution in [0.25, 0.3) is 11.3 Å². The molecule has 4 aromatic rings. The van der Waals surface area contributed by atoms with Crippen LogP contribution in [0.4, 0.5) is 20.5 Å². The third kappa shape index (κ3) is 7.50. The van der Waals surface area contributed by atoms with Crippen molar-refractivity contribution in [3.05, 3.63) is 92.5 Å². The molecule has 43 heavy (non-hydrogen) atoms. The van der Waals surface area contributed by atoms with Crippen molar-refractivity contribution in [3.63, 3.8) is 0 Å². The SMILES string of the molecule is CCC(C)OP(=O)(O)C(F)(F)c1ccc(CN(c2ccc(Cl)c(Cl)c2)c2ncc(-c3ccc(S(C)(=O)=O)cc3)o2)cc1Br. The minimum atomic E-state index is -5.36. The summed E-state index contributed by atoms with van der Waals surface area (Å²) in [4.78, 5) is 16.3. The van der Waals surface area contributed by atoms with Gasteiger partial charge in [0.25, 0.3) is 0 Å². The minimum Gasteiger partial charge on any atom is -0.423 e. The van der Waals surface area contributed by atoms with Crippen molar-refractivity contribution in [2.24, 2.45) is 0 Å². The lowest BCUT2D eigenvalue weighted by molar-refractivity contribution is 0.0341. The van der Waals surface area contributed by atoms with Crippen LogP contribution in [0.15, 0.2) is 80.6 Å². The minimum absolute atomic E-state index is 0.0511. The Balaban J connectivity index is 1.69. The van der Waals surface area contributed by atoms with Gasteiger partial charge in [0.1, 0.15) is 0 Å². The highest BCUT2D eigenvalue weighted by Crippen LogP contribution is 2.64. The number of rotatable bonds is 11. The zero-order valence-electron chi connectivity index (χ0n) is 23.0. The maximum atomic E-state index is 15.2. The van der Waals surface area contributed by atoms with Gasteiger partial charge in [0.2, 0.25) is 0 Å². The average molecular weight is 738 g/mol. The molecular weight excluding hydrogens is 712 g/mol. The monoisotopic (exact) mass is 736 g/mol. The molecule has 0 amide bonds. The zero-order valence-corrected chi connectivity index (χ0v) is 27.8. The Morgan fingerprint density at radius 3 is 2.37 bits per heavy atom. The van der Waals surface area contributed by atoms with E-state index in [0.717, 1.165) is 12.3 Å². The topological polar surface area (TPSA) is 110 Å². The van der Waals surface area contributed by atoms with Crippen LogP contribution in [-0.4, -0.2) is 30.7 Å². The van der Waals surface area contributed by atoms with Crippen molar-refractivity contribution in [1.82, 2.24) is 4.98 Å². The first-order chi connectivity index (χ1) is 20.0. The summed E-state index contributed by atoms with van der Waals surface area (Å²) in [6.07, 6.45) is 2.01. The lowest BCUT2D eigenvalue weighted by atomic mass is 10.1. The normalized spacial score (nSPS) is 14.3. The van der Waals surface area contributed by atoms with E-state index in [9.17, 15) is 17.9 Å². The summed E-state index contributed by atoms with van der Waals surface area (Å²) in [5.74, 6) is 0.344. The average Bonchev–Trinajstić information content (AvgIpc) is 3.42. The number of alkyl halides is 2. The Hall–Kier alpha value is -2.31. The summed E-state index contributed by atoms with van der Waals surface area (Å²) in [5, 5.41) is 0.565. The molecule has 0 saturated heterocycles. The van der Waals surface area contributed by atoms with Crippen LogP contribution >= 0.6 is 46.7 Å². The van der Waals surface area contributed by atoms with E-state index >= 15 is 8.78 Å². The van der Waals surface area contributed by atoms with Gasteiger partial charge in [0.15, 0.2) is 15.6 Å². The van der Waals surface area contributed by atoms with Gasteiger partial charge in [-0.3, -0.25) is 9.46 Å². The first-order valence-electron chi connectivity index (χ1n) is 12.7. The van der Waals surface area contributed by atoms with Crippen molar-refractivity contribution < 1.29 is 35.6 Å². The molecule has 0 saturated carbocycles. The molecule has 15 heteroatoms. The number of hydrogen-bond donors (Lipinski definition) is 1. The van der Waals surface area contributed by atoms with E-state index in [1.807, 2.05) is 0 Å². The molecule has 2 atom stereocenters. The molecule has 1 heterocycles. The molecule has 0 aliphatic carbocycles. The first kappa shape index (κ1) is 33.6. The number of oxazole rings is 1. The molecular formula is C28H26BrCl2F2N2O6PS. The summed E-state index contributed by atoms with van der Waals surface area (Å²) in [6.45, 7) is 3.14. The molecule has 0 radical (unpaired) electrons. The van der Waals surface area contributed by atoms with Gasteiger partial charge in [-0.05, 0) is 67.4 Å². The van der Waals surface area contributed by atoms with Crippen LogP contribution in [0, 0.1) is 0 Å². The predicted octanol–water partition coefficient (Wildman–Crippen LogP) is 9.20. The van der Waals surface area contributed by atoms with Crippen molar-refractivity contribution in [1.29, 1.82) is 0 Å². The fourth-order valence-electron chi connectivity index (χ4n) is 3.93. The fourth-order valence-corrected chi connectivity index (χ4v) is 6.95. The first-order valence-corrected chi connectivity index (χ1v) is 17.7. The highest BCUT2D eigenvalue weighted by molar-refractivity contribution is 9.10. The van der Waals surface area contributed by atoms with E-state index in [4.69, 9.17) is 32.1 Å². The van der Waals surface area contributed by atoms with Crippen LogP contribution < -0.4 is 4.90 Å². The second kappa shape index (κ2) is 13.0. The van der Waals surface area contributed by atoms with Crippen molar-refractivity contribution in [3.8, 4) is 11.3 Å². The van der Waals surface area contributed by atoms with Gasteiger partial charge in [-0.25, -0.2) is 13.4 Å². The van der Waals surface area contributed by atoms with E-state index in [2.05, 4.69) is 20.9 Å². The summed E-state index contributed by atoms with van der Waals surface area (Å²) in [6, 6.07) is 14.9. The Morgan fingerprint density at radius 1 is 1.12 bits per heavy atom. The molecule has 1 aromatic heterocycles. The van der Waals surface area contributed by atoms with Gasteiger partial charge in [0, 0.05) is 27.5 Å². The van der Waals surface area contributed by atoms with E-state index in [1.165, 1.54) is 37.4 Å². The van der Waals surface area contributed by atoms with Crippen molar-refractivity contribution in [2.45, 2.75) is 43.5 Å². The molecule has 0 bridgehead atoms. The predicted molar refractivity (Wildman–Crippen MR) is 166 cm³/mol. The van der Waals surface area contributed by atoms with Crippen LogP contribution in [0.1, 0.15) is 31.4 Å². The standard InChI is InChI=1S/C28H26BrCl2F2N2O6PS/c1-4-17(2)41-42(36,37)28(32,33)22-11-5-18(13-23(22)29)16-35(20-8-12-24(30)25(31)14-20)27-34-15-26(40-27)19-6-9-21(10-7-19)43(3,38)39/h5-15,17H,4,16H2,1-3H3,(H,36,37). The number of halogens is 5. The van der Waals surface area contributed by atoms with Gasteiger partial charge in [0.05, 0.1) is 33.8 Å². The van der Waals surface area contributed by atoms with Crippen LogP contribution in [-0.2, 0) is 31.1 Å². The van der Waals surface area contributed by atoms with Crippen LogP contribution in [0.2, 0.25) is 10.0 Å². The summed E-state index contributed by atoms with van der Waals surface area (Å²) in [5.41, 5.74) is -3.29. The Bertz CT molecular complexity index is 1790. The summed E-state index contributed by atoms with van der Waals surface area (Å²) >= 11 is 15.5. The van der Waals surface area contributed by atoms with Gasteiger partial charge in [-0.15, -0.1) is 0 Å². The third-order valence-electron chi connectivity index (χ3n) is 6.46. The van der Waals surface area contributed by atoms with Crippen molar-refractivity contribution >= 4 is 68.3 Å².